The number of anilines is 1. The first-order chi connectivity index (χ1) is 12.2. The van der Waals surface area contributed by atoms with Crippen molar-refractivity contribution < 1.29 is 9.53 Å². The molecule has 0 atom stereocenters. The van der Waals surface area contributed by atoms with Crippen LogP contribution in [0.3, 0.4) is 0 Å². The molecule has 0 radical (unpaired) electrons. The van der Waals surface area contributed by atoms with Crippen LogP contribution >= 0.6 is 11.6 Å². The molecule has 3 heterocycles. The van der Waals surface area contributed by atoms with E-state index in [1.54, 1.807) is 4.90 Å². The Balaban J connectivity index is 1.71. The molecule has 0 spiro atoms. The number of hydrogen-bond acceptors (Lipinski definition) is 4. The fourth-order valence-electron chi connectivity index (χ4n) is 3.31. The second-order valence-corrected chi connectivity index (χ2v) is 6.57. The summed E-state index contributed by atoms with van der Waals surface area (Å²) >= 11 is 6.35. The molecule has 0 aromatic carbocycles. The summed E-state index contributed by atoms with van der Waals surface area (Å²) in [5, 5.41) is 0.878. The number of carbonyl (C=O) groups excluding carboxylic acids is 1. The Morgan fingerprint density at radius 3 is 3.04 bits per heavy atom. The first-order valence-corrected chi connectivity index (χ1v) is 8.77. The van der Waals surface area contributed by atoms with Crippen molar-refractivity contribution in [3.8, 4) is 11.3 Å². The van der Waals surface area contributed by atoms with E-state index in [2.05, 4.69) is 23.0 Å². The summed E-state index contributed by atoms with van der Waals surface area (Å²) in [4.78, 5) is 23.0. The predicted octanol–water partition coefficient (Wildman–Crippen LogP) is 3.42. The number of fused-ring (bicyclic) bond motifs is 1. The van der Waals surface area contributed by atoms with Gasteiger partial charge in [0.15, 0.2) is 0 Å². The van der Waals surface area contributed by atoms with E-state index in [0.717, 1.165) is 39.5 Å². The van der Waals surface area contributed by atoms with Crippen molar-refractivity contribution in [3.05, 3.63) is 46.8 Å². The molecule has 1 amide bonds. The Kier molecular flexibility index (Phi) is 4.27. The third kappa shape index (κ3) is 2.94. The number of pyridine rings is 2. The van der Waals surface area contributed by atoms with Gasteiger partial charge >= 0.3 is 0 Å². The first kappa shape index (κ1) is 16.2. The highest BCUT2D eigenvalue weighted by Crippen LogP contribution is 2.37. The normalized spacial score (nSPS) is 17.2. The van der Waals surface area contributed by atoms with Crippen LogP contribution in [0.2, 0.25) is 0 Å². The third-order valence-electron chi connectivity index (χ3n) is 4.59. The lowest BCUT2D eigenvalue weighted by Crippen LogP contribution is -2.42. The van der Waals surface area contributed by atoms with Crippen molar-refractivity contribution in [1.29, 1.82) is 0 Å². The Hall–Kier alpha value is -2.24. The van der Waals surface area contributed by atoms with Crippen LogP contribution in [0, 0.1) is 0 Å². The van der Waals surface area contributed by atoms with Gasteiger partial charge in [0.05, 0.1) is 24.5 Å². The largest absolute Gasteiger partial charge is 0.370 e. The van der Waals surface area contributed by atoms with Crippen molar-refractivity contribution >= 4 is 28.9 Å². The van der Waals surface area contributed by atoms with E-state index < -0.39 is 0 Å². The molecule has 1 saturated heterocycles. The number of morpholine rings is 1. The maximum atomic E-state index is 12.0. The maximum Gasteiger partial charge on any atom is 0.254 e. The van der Waals surface area contributed by atoms with E-state index in [-0.39, 0.29) is 12.5 Å². The molecule has 1 fully saturated rings. The van der Waals surface area contributed by atoms with Crippen LogP contribution < -0.4 is 4.90 Å². The minimum Gasteiger partial charge on any atom is -0.370 e. The van der Waals surface area contributed by atoms with Gasteiger partial charge in [0, 0.05) is 28.8 Å². The zero-order chi connectivity index (χ0) is 17.4. The summed E-state index contributed by atoms with van der Waals surface area (Å²) in [6, 6.07) is 7.80. The van der Waals surface area contributed by atoms with Crippen molar-refractivity contribution in [2.24, 2.45) is 0 Å². The molecule has 6 heteroatoms. The number of rotatable bonds is 3. The molecule has 2 aromatic heterocycles. The lowest BCUT2D eigenvalue weighted by Gasteiger charge is -2.26. The van der Waals surface area contributed by atoms with Crippen LogP contribution in [0.1, 0.15) is 24.6 Å². The SMILES string of the molecule is CCC1=C(Cl)Cc2ncc(-c3cccc(N4CCOCC4=O)n3)cc21. The maximum absolute atomic E-state index is 12.0. The van der Waals surface area contributed by atoms with E-state index in [1.807, 2.05) is 24.4 Å². The van der Waals surface area contributed by atoms with E-state index in [4.69, 9.17) is 16.3 Å². The topological polar surface area (TPSA) is 55.3 Å². The van der Waals surface area contributed by atoms with Crippen LogP contribution in [0.15, 0.2) is 35.5 Å². The van der Waals surface area contributed by atoms with Crippen molar-refractivity contribution in [1.82, 2.24) is 9.97 Å². The molecule has 128 valence electrons. The van der Waals surface area contributed by atoms with Crippen molar-refractivity contribution in [2.45, 2.75) is 19.8 Å². The standard InChI is InChI=1S/C19H18ClN3O2/c1-2-13-14-8-12(10-21-17(14)9-15(13)20)16-4-3-5-18(22-16)23-6-7-25-11-19(23)24/h3-5,8,10H,2,6-7,9,11H2,1H3. The monoisotopic (exact) mass is 355 g/mol. The fourth-order valence-corrected chi connectivity index (χ4v) is 3.67. The van der Waals surface area contributed by atoms with Crippen LogP contribution in [-0.4, -0.2) is 35.6 Å². The summed E-state index contributed by atoms with van der Waals surface area (Å²) in [6.45, 7) is 3.26. The smallest absolute Gasteiger partial charge is 0.254 e. The molecule has 0 N–H and O–H groups in total. The van der Waals surface area contributed by atoms with Gasteiger partial charge in [0.25, 0.3) is 5.91 Å². The molecule has 5 nitrogen and oxygen atoms in total. The minimum absolute atomic E-state index is 0.0639. The first-order valence-electron chi connectivity index (χ1n) is 8.39. The summed E-state index contributed by atoms with van der Waals surface area (Å²) in [5.74, 6) is 0.585. The Labute approximate surface area is 151 Å². The number of halogens is 1. The summed E-state index contributed by atoms with van der Waals surface area (Å²) < 4.78 is 5.19. The average Bonchev–Trinajstić information content (AvgIpc) is 2.96. The van der Waals surface area contributed by atoms with Gasteiger partial charge in [-0.2, -0.15) is 0 Å². The highest BCUT2D eigenvalue weighted by atomic mass is 35.5. The quantitative estimate of drug-likeness (QED) is 0.846. The van der Waals surface area contributed by atoms with E-state index in [1.165, 1.54) is 0 Å². The highest BCUT2D eigenvalue weighted by molar-refractivity contribution is 6.33. The number of allylic oxidation sites excluding steroid dienone is 2. The number of amides is 1. The van der Waals surface area contributed by atoms with Gasteiger partial charge in [-0.15, -0.1) is 0 Å². The van der Waals surface area contributed by atoms with Gasteiger partial charge in [-0.3, -0.25) is 14.7 Å². The molecule has 2 aromatic rings. The van der Waals surface area contributed by atoms with E-state index >= 15 is 0 Å². The zero-order valence-electron chi connectivity index (χ0n) is 14.0. The van der Waals surface area contributed by atoms with Crippen LogP contribution in [0.25, 0.3) is 16.8 Å². The number of carbonyl (C=O) groups is 1. The number of nitrogens with zero attached hydrogens (tertiary/aromatic N) is 3. The average molecular weight is 356 g/mol. The minimum atomic E-state index is -0.0639. The van der Waals surface area contributed by atoms with Gasteiger partial charge in [-0.05, 0) is 30.2 Å². The summed E-state index contributed by atoms with van der Waals surface area (Å²) in [6.07, 6.45) is 3.41. The fraction of sp³-hybridized carbons (Fsp3) is 0.316. The van der Waals surface area contributed by atoms with Crippen molar-refractivity contribution in [2.75, 3.05) is 24.7 Å². The van der Waals surface area contributed by atoms with Crippen LogP contribution in [0.4, 0.5) is 5.82 Å². The number of aromatic nitrogens is 2. The zero-order valence-corrected chi connectivity index (χ0v) is 14.7. The summed E-state index contributed by atoms with van der Waals surface area (Å²) in [7, 11) is 0. The second-order valence-electron chi connectivity index (χ2n) is 6.11. The van der Waals surface area contributed by atoms with E-state index in [0.29, 0.717) is 25.4 Å². The number of hydrogen-bond donors (Lipinski definition) is 0. The molecular formula is C19H18ClN3O2. The summed E-state index contributed by atoms with van der Waals surface area (Å²) in [5.41, 5.74) is 5.01. The molecule has 2 aliphatic rings. The molecule has 0 bridgehead atoms. The number of ether oxygens (including phenoxy) is 1. The second kappa shape index (κ2) is 6.58. The molecule has 0 unspecified atom stereocenters. The van der Waals surface area contributed by atoms with Gasteiger partial charge in [-0.1, -0.05) is 24.6 Å². The Morgan fingerprint density at radius 1 is 1.36 bits per heavy atom. The predicted molar refractivity (Wildman–Crippen MR) is 97.4 cm³/mol. The van der Waals surface area contributed by atoms with Gasteiger partial charge in [0.1, 0.15) is 12.4 Å². The Bertz CT molecular complexity index is 879. The van der Waals surface area contributed by atoms with Crippen molar-refractivity contribution in [3.63, 3.8) is 0 Å². The molecule has 1 aliphatic carbocycles. The molecular weight excluding hydrogens is 338 g/mol. The molecule has 25 heavy (non-hydrogen) atoms. The highest BCUT2D eigenvalue weighted by Gasteiger charge is 2.23. The van der Waals surface area contributed by atoms with Crippen LogP contribution in [0.5, 0.6) is 0 Å². The van der Waals surface area contributed by atoms with Gasteiger partial charge in [-0.25, -0.2) is 4.98 Å². The molecule has 4 rings (SSSR count). The van der Waals surface area contributed by atoms with Gasteiger partial charge < -0.3 is 4.74 Å². The van der Waals surface area contributed by atoms with Gasteiger partial charge in [0.2, 0.25) is 0 Å². The third-order valence-corrected chi connectivity index (χ3v) is 4.95. The lowest BCUT2D eigenvalue weighted by atomic mass is 10.0. The van der Waals surface area contributed by atoms with Crippen LogP contribution in [-0.2, 0) is 16.0 Å². The lowest BCUT2D eigenvalue weighted by molar-refractivity contribution is -0.125. The Morgan fingerprint density at radius 2 is 2.24 bits per heavy atom. The molecule has 0 saturated carbocycles. The molecule has 1 aliphatic heterocycles. The van der Waals surface area contributed by atoms with E-state index in [9.17, 15) is 4.79 Å².